The Bertz CT molecular complexity index is 1280. The fourth-order valence-electron chi connectivity index (χ4n) is 3.16. The van der Waals surface area contributed by atoms with Crippen LogP contribution in [0.3, 0.4) is 0 Å². The van der Waals surface area contributed by atoms with Crippen LogP contribution in [-0.4, -0.2) is 31.7 Å². The van der Waals surface area contributed by atoms with Crippen molar-refractivity contribution in [3.05, 3.63) is 52.9 Å². The minimum atomic E-state index is -3.94. The molecule has 0 radical (unpaired) electrons. The number of thioether (sulfide) groups is 1. The predicted octanol–water partition coefficient (Wildman–Crippen LogP) is 4.04. The fourth-order valence-corrected chi connectivity index (χ4v) is 7.11. The van der Waals surface area contributed by atoms with Gasteiger partial charge in [0.05, 0.1) is 18.9 Å². The topological polar surface area (TPSA) is 159 Å². The molecule has 3 aromatic rings. The van der Waals surface area contributed by atoms with Gasteiger partial charge in [0.2, 0.25) is 9.84 Å². The number of amidine groups is 1. The Morgan fingerprint density at radius 1 is 1.19 bits per heavy atom. The van der Waals surface area contributed by atoms with Crippen LogP contribution in [0.25, 0.3) is 11.1 Å². The number of aryl methyl sites for hydroxylation is 1. The van der Waals surface area contributed by atoms with Gasteiger partial charge in [-0.3, -0.25) is 10.7 Å². The number of rotatable bonds is 5. The lowest BCUT2D eigenvalue weighted by atomic mass is 9.98. The zero-order valence-electron chi connectivity index (χ0n) is 16.6. The van der Waals surface area contributed by atoms with Crippen molar-refractivity contribution >= 4 is 56.2 Å². The van der Waals surface area contributed by atoms with Crippen LogP contribution in [0.15, 0.2) is 56.5 Å². The maximum atomic E-state index is 13.4. The minimum Gasteiger partial charge on any atom is -0.465 e. The average Bonchev–Trinajstić information content (AvgIpc) is 3.12. The maximum Gasteiger partial charge on any atom is 0.410 e. The van der Waals surface area contributed by atoms with Gasteiger partial charge in [-0.05, 0) is 54.6 Å². The molecule has 1 amide bonds. The number of anilines is 2. The van der Waals surface area contributed by atoms with Gasteiger partial charge in [-0.25, -0.2) is 13.2 Å². The van der Waals surface area contributed by atoms with Crippen LogP contribution >= 0.6 is 23.1 Å². The van der Waals surface area contributed by atoms with E-state index in [0.29, 0.717) is 26.7 Å². The average molecular weight is 477 g/mol. The second-order valence-electron chi connectivity index (χ2n) is 6.60. The molecule has 0 fully saturated rings. The van der Waals surface area contributed by atoms with E-state index in [9.17, 15) is 13.2 Å². The van der Waals surface area contributed by atoms with Crippen molar-refractivity contribution in [1.29, 1.82) is 5.41 Å². The molecule has 0 bridgehead atoms. The van der Waals surface area contributed by atoms with Crippen molar-refractivity contribution < 1.29 is 18.3 Å². The van der Waals surface area contributed by atoms with Crippen molar-refractivity contribution in [3.63, 3.8) is 0 Å². The van der Waals surface area contributed by atoms with Crippen LogP contribution in [0.2, 0.25) is 0 Å². The summed E-state index contributed by atoms with van der Waals surface area (Å²) in [5.74, 6) is -0.381. The smallest absolute Gasteiger partial charge is 0.410 e. The number of carboxylic acid groups (broad SMARTS) is 1. The van der Waals surface area contributed by atoms with Gasteiger partial charge in [0, 0.05) is 16.9 Å². The molecule has 3 rings (SSSR count). The summed E-state index contributed by atoms with van der Waals surface area (Å²) in [5, 5.41) is 18.6. The molecule has 162 valence electrons. The molecule has 0 aliphatic carbocycles. The molecule has 11 heteroatoms. The number of benzene rings is 2. The summed E-state index contributed by atoms with van der Waals surface area (Å²) in [4.78, 5) is 11.1. The number of nitrogens with two attached hydrogens (primary N) is 2. The minimum absolute atomic E-state index is 0.0242. The third-order valence-electron chi connectivity index (χ3n) is 4.44. The summed E-state index contributed by atoms with van der Waals surface area (Å²) >= 11 is 2.25. The molecular weight excluding hydrogens is 456 g/mol. The van der Waals surface area contributed by atoms with Crippen molar-refractivity contribution in [1.82, 2.24) is 5.32 Å². The highest BCUT2D eigenvalue weighted by molar-refractivity contribution is 8.01. The standard InChI is InChI=1S/C20H20N4O4S3/c1-10-6-12(21)8-14(22)17(10)11-4-3-5-13(7-11)31(27,28)16-9-15(30-19(16)29-2)18(23)24-20(25)26/h3-9H,21-22H2,1-2H3,(H2,23,24)(H,25,26). The van der Waals surface area contributed by atoms with E-state index in [-0.39, 0.29) is 20.5 Å². The van der Waals surface area contributed by atoms with Gasteiger partial charge in [-0.1, -0.05) is 12.1 Å². The van der Waals surface area contributed by atoms with Gasteiger partial charge in [0.15, 0.2) is 0 Å². The molecule has 1 heterocycles. The third-order valence-corrected chi connectivity index (χ3v) is 8.76. The van der Waals surface area contributed by atoms with Crippen molar-refractivity contribution in [3.8, 4) is 11.1 Å². The Morgan fingerprint density at radius 2 is 1.90 bits per heavy atom. The molecule has 0 saturated carbocycles. The molecule has 0 atom stereocenters. The molecule has 0 unspecified atom stereocenters. The van der Waals surface area contributed by atoms with E-state index in [2.05, 4.69) is 0 Å². The van der Waals surface area contributed by atoms with E-state index in [4.69, 9.17) is 22.0 Å². The highest BCUT2D eigenvalue weighted by Crippen LogP contribution is 2.39. The molecule has 1 aromatic heterocycles. The highest BCUT2D eigenvalue weighted by atomic mass is 32.2. The number of sulfone groups is 1. The van der Waals surface area contributed by atoms with Gasteiger partial charge in [-0.15, -0.1) is 23.1 Å². The van der Waals surface area contributed by atoms with Gasteiger partial charge < -0.3 is 16.6 Å². The van der Waals surface area contributed by atoms with E-state index in [1.807, 2.05) is 12.2 Å². The Labute approximate surface area is 187 Å². The van der Waals surface area contributed by atoms with Gasteiger partial charge in [0.25, 0.3) is 0 Å². The van der Waals surface area contributed by atoms with Crippen LogP contribution < -0.4 is 16.8 Å². The van der Waals surface area contributed by atoms with Crippen LogP contribution in [0.1, 0.15) is 10.4 Å². The van der Waals surface area contributed by atoms with Crippen LogP contribution in [-0.2, 0) is 9.84 Å². The second kappa shape index (κ2) is 8.61. The molecule has 8 nitrogen and oxygen atoms in total. The van der Waals surface area contributed by atoms with E-state index in [1.54, 1.807) is 36.6 Å². The molecular formula is C20H20N4O4S3. The first-order valence-electron chi connectivity index (χ1n) is 8.82. The summed E-state index contributed by atoms with van der Waals surface area (Å²) in [7, 11) is -3.94. The molecule has 2 aromatic carbocycles. The maximum absolute atomic E-state index is 13.4. The van der Waals surface area contributed by atoms with Gasteiger partial charge in [0.1, 0.15) is 5.84 Å². The lowest BCUT2D eigenvalue weighted by molar-refractivity contribution is 0.200. The van der Waals surface area contributed by atoms with E-state index in [1.165, 1.54) is 23.9 Å². The number of thiophene rings is 1. The zero-order chi connectivity index (χ0) is 22.9. The molecule has 0 aliphatic rings. The highest BCUT2D eigenvalue weighted by Gasteiger charge is 2.26. The summed E-state index contributed by atoms with van der Waals surface area (Å²) in [5.41, 5.74) is 15.1. The monoisotopic (exact) mass is 476 g/mol. The lowest BCUT2D eigenvalue weighted by Gasteiger charge is -2.13. The predicted molar refractivity (Wildman–Crippen MR) is 125 cm³/mol. The first kappa shape index (κ1) is 22.7. The molecule has 7 N–H and O–H groups in total. The van der Waals surface area contributed by atoms with E-state index >= 15 is 0 Å². The SMILES string of the molecule is CSc1sc(C(=N)NC(=O)O)cc1S(=O)(=O)c1cccc(-c2c(C)cc(N)cc2N)c1. The summed E-state index contributed by atoms with van der Waals surface area (Å²) < 4.78 is 27.3. The van der Waals surface area contributed by atoms with Crippen LogP contribution in [0.5, 0.6) is 0 Å². The fraction of sp³-hybridized carbons (Fsp3) is 0.100. The third kappa shape index (κ3) is 4.53. The van der Waals surface area contributed by atoms with Gasteiger partial charge >= 0.3 is 6.09 Å². The van der Waals surface area contributed by atoms with Gasteiger partial charge in [-0.2, -0.15) is 0 Å². The Balaban J connectivity index is 2.10. The largest absolute Gasteiger partial charge is 0.465 e. The number of carbonyl (C=O) groups is 1. The van der Waals surface area contributed by atoms with Crippen LogP contribution in [0.4, 0.5) is 16.2 Å². The molecule has 0 aliphatic heterocycles. The number of hydrogen-bond donors (Lipinski definition) is 5. The van der Waals surface area contributed by atoms with E-state index < -0.39 is 15.9 Å². The molecule has 31 heavy (non-hydrogen) atoms. The van der Waals surface area contributed by atoms with Crippen molar-refractivity contribution in [2.75, 3.05) is 17.7 Å². The van der Waals surface area contributed by atoms with Crippen molar-refractivity contribution in [2.24, 2.45) is 0 Å². The number of hydrogen-bond acceptors (Lipinski definition) is 8. The summed E-state index contributed by atoms with van der Waals surface area (Å²) in [6.45, 7) is 1.85. The Kier molecular flexibility index (Phi) is 6.30. The first-order chi connectivity index (χ1) is 14.5. The second-order valence-corrected chi connectivity index (χ2v) is 10.7. The van der Waals surface area contributed by atoms with Crippen molar-refractivity contribution in [2.45, 2.75) is 20.9 Å². The lowest BCUT2D eigenvalue weighted by Crippen LogP contribution is -2.27. The quantitative estimate of drug-likeness (QED) is 0.161. The van der Waals surface area contributed by atoms with Crippen LogP contribution in [0, 0.1) is 12.3 Å². The molecule has 0 spiro atoms. The number of nitrogen functional groups attached to an aromatic ring is 2. The van der Waals surface area contributed by atoms with E-state index in [0.717, 1.165) is 16.9 Å². The Hall–Kier alpha value is -3.02. The first-order valence-corrected chi connectivity index (χ1v) is 12.3. The zero-order valence-corrected chi connectivity index (χ0v) is 19.0. The summed E-state index contributed by atoms with van der Waals surface area (Å²) in [6, 6.07) is 11.2. The Morgan fingerprint density at radius 3 is 2.52 bits per heavy atom. The molecule has 0 saturated heterocycles. The normalized spacial score (nSPS) is 11.3. The number of nitrogens with one attached hydrogen (secondary N) is 2. The summed E-state index contributed by atoms with van der Waals surface area (Å²) in [6.07, 6.45) is 0.329. The number of amides is 1.